The van der Waals surface area contributed by atoms with Crippen LogP contribution in [0, 0.1) is 11.8 Å². The SMILES string of the molecule is CC1=C(C(=O)N(C(=O)c2csc(N(CC(C)C)C3CC3)n2)[C@H](C=O)CC(C)C)SC(c2cccs2)N1C(=O)NN. The molecule has 4 rings (SSSR count). The number of carbonyl (C=O) groups excluding carboxylic acids is 4. The van der Waals surface area contributed by atoms with E-state index in [-0.39, 0.29) is 16.5 Å². The summed E-state index contributed by atoms with van der Waals surface area (Å²) in [7, 11) is 0. The van der Waals surface area contributed by atoms with Crippen LogP contribution in [-0.2, 0) is 9.59 Å². The van der Waals surface area contributed by atoms with E-state index in [1.54, 1.807) is 12.3 Å². The number of nitrogens with one attached hydrogen (secondary N) is 1. The molecule has 3 heterocycles. The van der Waals surface area contributed by atoms with Crippen LogP contribution in [0.15, 0.2) is 33.5 Å². The Morgan fingerprint density at radius 2 is 1.90 bits per heavy atom. The lowest BCUT2D eigenvalue weighted by molar-refractivity contribution is -0.129. The first-order valence-electron chi connectivity index (χ1n) is 13.3. The Morgan fingerprint density at radius 1 is 1.18 bits per heavy atom. The molecule has 2 aromatic rings. The number of carbonyl (C=O) groups is 4. The minimum Gasteiger partial charge on any atom is -0.345 e. The van der Waals surface area contributed by atoms with Crippen LogP contribution in [0.4, 0.5) is 9.93 Å². The Hall–Kier alpha value is -2.74. The average molecular weight is 605 g/mol. The van der Waals surface area contributed by atoms with Crippen LogP contribution in [0.5, 0.6) is 0 Å². The van der Waals surface area contributed by atoms with Crippen molar-refractivity contribution in [1.29, 1.82) is 0 Å². The van der Waals surface area contributed by atoms with E-state index in [1.165, 1.54) is 39.3 Å². The van der Waals surface area contributed by atoms with Crippen LogP contribution in [0.2, 0.25) is 0 Å². The van der Waals surface area contributed by atoms with Gasteiger partial charge in [-0.3, -0.25) is 24.8 Å². The molecule has 0 radical (unpaired) electrons. The van der Waals surface area contributed by atoms with Gasteiger partial charge in [-0.25, -0.2) is 15.6 Å². The fourth-order valence-corrected chi connectivity index (χ4v) is 7.80. The molecule has 40 heavy (non-hydrogen) atoms. The first-order chi connectivity index (χ1) is 19.1. The van der Waals surface area contributed by atoms with Crippen molar-refractivity contribution in [2.75, 3.05) is 11.4 Å². The molecule has 1 unspecified atom stereocenters. The maximum absolute atomic E-state index is 14.2. The van der Waals surface area contributed by atoms with Gasteiger partial charge in [-0.2, -0.15) is 0 Å². The summed E-state index contributed by atoms with van der Waals surface area (Å²) in [6.07, 6.45) is 3.13. The highest BCUT2D eigenvalue weighted by Crippen LogP contribution is 2.49. The van der Waals surface area contributed by atoms with Gasteiger partial charge < -0.3 is 9.69 Å². The Kier molecular flexibility index (Phi) is 9.70. The molecule has 4 amide bonds. The molecule has 0 bridgehead atoms. The molecule has 1 aliphatic carbocycles. The standard InChI is InChI=1S/C27H36N6O4S3/c1-15(2)11-19(13-34)33(23(35)20-14-39-27(29-20)31(12-16(3)4)18-8-9-18)24(36)22-17(5)32(26(37)30-28)25(40-22)21-7-6-10-38-21/h6-7,10,13-16,18-19,25H,8-9,11-12,28H2,1-5H3,(H,30,37)/t19-,25?/m0/s1. The minimum absolute atomic E-state index is 0.0467. The molecule has 216 valence electrons. The number of allylic oxidation sites excluding steroid dienone is 1. The van der Waals surface area contributed by atoms with Gasteiger partial charge in [-0.15, -0.1) is 22.7 Å². The number of nitrogens with two attached hydrogens (primary N) is 1. The molecule has 2 aromatic heterocycles. The number of thiophene rings is 1. The molecule has 0 spiro atoms. The number of urea groups is 1. The molecule has 2 atom stereocenters. The highest BCUT2D eigenvalue weighted by Gasteiger charge is 2.43. The number of rotatable bonds is 11. The van der Waals surface area contributed by atoms with Crippen molar-refractivity contribution >= 4 is 63.7 Å². The largest absolute Gasteiger partial charge is 0.345 e. The maximum atomic E-state index is 14.2. The molecule has 1 aliphatic heterocycles. The normalized spacial score (nSPS) is 17.9. The van der Waals surface area contributed by atoms with E-state index in [2.05, 4.69) is 29.2 Å². The van der Waals surface area contributed by atoms with Gasteiger partial charge in [0.05, 0.1) is 10.9 Å². The summed E-state index contributed by atoms with van der Waals surface area (Å²) in [5.41, 5.74) is 2.64. The lowest BCUT2D eigenvalue weighted by atomic mass is 10.0. The number of nitrogens with zero attached hydrogens (tertiary/aromatic N) is 4. The highest BCUT2D eigenvalue weighted by molar-refractivity contribution is 8.04. The van der Waals surface area contributed by atoms with Crippen LogP contribution in [0.1, 0.15) is 74.6 Å². The van der Waals surface area contributed by atoms with Crippen LogP contribution in [-0.4, -0.2) is 57.5 Å². The van der Waals surface area contributed by atoms with Crippen LogP contribution < -0.4 is 16.2 Å². The van der Waals surface area contributed by atoms with Crippen molar-refractivity contribution < 1.29 is 19.2 Å². The van der Waals surface area contributed by atoms with Crippen molar-refractivity contribution in [2.24, 2.45) is 17.7 Å². The summed E-state index contributed by atoms with van der Waals surface area (Å²) in [5.74, 6) is 4.68. The van der Waals surface area contributed by atoms with Crippen LogP contribution in [0.3, 0.4) is 0 Å². The molecule has 0 aromatic carbocycles. The second kappa shape index (κ2) is 12.8. The highest BCUT2D eigenvalue weighted by atomic mass is 32.2. The maximum Gasteiger partial charge on any atom is 0.337 e. The van der Waals surface area contributed by atoms with E-state index >= 15 is 0 Å². The lowest BCUT2D eigenvalue weighted by Gasteiger charge is -2.27. The molecule has 1 fully saturated rings. The Balaban J connectivity index is 1.70. The second-order valence-corrected chi connectivity index (χ2v) is 13.7. The third kappa shape index (κ3) is 6.42. The second-order valence-electron chi connectivity index (χ2n) is 10.8. The predicted octanol–water partition coefficient (Wildman–Crippen LogP) is 4.97. The zero-order chi connectivity index (χ0) is 29.1. The van der Waals surface area contributed by atoms with Crippen molar-refractivity contribution in [1.82, 2.24) is 20.2 Å². The smallest absolute Gasteiger partial charge is 0.337 e. The van der Waals surface area contributed by atoms with Gasteiger partial charge in [0, 0.05) is 28.5 Å². The fourth-order valence-electron chi connectivity index (χ4n) is 4.67. The number of aromatic nitrogens is 1. The van der Waals surface area contributed by atoms with Crippen molar-refractivity contribution in [3.63, 3.8) is 0 Å². The number of thioether (sulfide) groups is 1. The zero-order valence-corrected chi connectivity index (χ0v) is 25.8. The van der Waals surface area contributed by atoms with Gasteiger partial charge in [-0.1, -0.05) is 45.5 Å². The van der Waals surface area contributed by atoms with E-state index in [0.717, 1.165) is 34.3 Å². The molecular weight excluding hydrogens is 569 g/mol. The Morgan fingerprint density at radius 3 is 2.45 bits per heavy atom. The Bertz CT molecular complexity index is 1270. The van der Waals surface area contributed by atoms with Crippen LogP contribution in [0.25, 0.3) is 0 Å². The predicted molar refractivity (Wildman–Crippen MR) is 160 cm³/mol. The number of aldehydes is 1. The quantitative estimate of drug-likeness (QED) is 0.121. The summed E-state index contributed by atoms with van der Waals surface area (Å²) >= 11 is 3.99. The third-order valence-electron chi connectivity index (χ3n) is 6.62. The van der Waals surface area contributed by atoms with Gasteiger partial charge in [0.1, 0.15) is 17.4 Å². The number of imide groups is 1. The molecule has 3 N–H and O–H groups in total. The first kappa shape index (κ1) is 30.2. The zero-order valence-electron chi connectivity index (χ0n) is 23.3. The van der Waals surface area contributed by atoms with Crippen molar-refractivity contribution in [3.8, 4) is 0 Å². The minimum atomic E-state index is -0.987. The fraction of sp³-hybridized carbons (Fsp3) is 0.519. The number of amides is 4. The van der Waals surface area contributed by atoms with Gasteiger partial charge in [0.2, 0.25) is 0 Å². The summed E-state index contributed by atoms with van der Waals surface area (Å²) in [6, 6.07) is 2.58. The Labute approximate surface area is 246 Å². The molecule has 10 nitrogen and oxygen atoms in total. The number of hydrazine groups is 1. The van der Waals surface area contributed by atoms with E-state index < -0.39 is 29.3 Å². The van der Waals surface area contributed by atoms with Crippen LogP contribution >= 0.6 is 34.4 Å². The van der Waals surface area contributed by atoms with Crippen molar-refractivity contribution in [3.05, 3.63) is 44.1 Å². The van der Waals surface area contributed by atoms with E-state index in [1.807, 2.05) is 31.4 Å². The lowest BCUT2D eigenvalue weighted by Crippen LogP contribution is -2.47. The third-order valence-corrected chi connectivity index (χ3v) is 9.97. The summed E-state index contributed by atoms with van der Waals surface area (Å²) in [6.45, 7) is 10.6. The van der Waals surface area contributed by atoms with E-state index in [9.17, 15) is 19.2 Å². The number of anilines is 1. The molecule has 13 heteroatoms. The number of thiazole rings is 1. The summed E-state index contributed by atoms with van der Waals surface area (Å²) < 4.78 is 0. The molecule has 1 saturated carbocycles. The first-order valence-corrected chi connectivity index (χ1v) is 16.0. The van der Waals surface area contributed by atoms with Gasteiger partial charge in [-0.05, 0) is 49.5 Å². The topological polar surface area (TPSA) is 129 Å². The summed E-state index contributed by atoms with van der Waals surface area (Å²) in [5, 5.41) is 3.76. The number of hydrogen-bond acceptors (Lipinski definition) is 10. The van der Waals surface area contributed by atoms with Crippen molar-refractivity contribution in [2.45, 2.75) is 71.3 Å². The average Bonchev–Trinajstić information content (AvgIpc) is 3.28. The molecule has 0 saturated heterocycles. The van der Waals surface area contributed by atoms with Gasteiger partial charge in [0.15, 0.2) is 5.13 Å². The van der Waals surface area contributed by atoms with E-state index in [4.69, 9.17) is 5.84 Å². The number of hydrogen-bond donors (Lipinski definition) is 2. The van der Waals surface area contributed by atoms with Gasteiger partial charge >= 0.3 is 6.03 Å². The monoisotopic (exact) mass is 604 g/mol. The molecular formula is C27H36N6O4S3. The van der Waals surface area contributed by atoms with E-state index in [0.29, 0.717) is 30.4 Å². The van der Waals surface area contributed by atoms with Gasteiger partial charge in [0.25, 0.3) is 11.8 Å². The summed E-state index contributed by atoms with van der Waals surface area (Å²) in [4.78, 5) is 63.6. The molecule has 2 aliphatic rings.